The molecule has 202 valence electrons. The number of hydrogen-bond acceptors (Lipinski definition) is 11. The first-order valence-electron chi connectivity index (χ1n) is 12.0. The zero-order valence-corrected chi connectivity index (χ0v) is 21.5. The number of carbonyl (C=O) groups is 2. The summed E-state index contributed by atoms with van der Waals surface area (Å²) in [7, 11) is 3.34. The third-order valence-corrected chi connectivity index (χ3v) is 7.81. The molecule has 2 saturated heterocycles. The Morgan fingerprint density at radius 1 is 1.22 bits per heavy atom. The van der Waals surface area contributed by atoms with Crippen LogP contribution in [0.2, 0.25) is 0 Å². The molecule has 11 nitrogen and oxygen atoms in total. The quantitative estimate of drug-likeness (QED) is 0.201. The van der Waals surface area contributed by atoms with Gasteiger partial charge in [-0.1, -0.05) is 12.1 Å². The van der Waals surface area contributed by atoms with Gasteiger partial charge in [-0.3, -0.25) is 9.69 Å². The number of ether oxygens (including phenoxy) is 3. The minimum absolute atomic E-state index is 0.0371. The SMILES string of the molecule is CO[C@H](C)[C@@H](NC(=O)[C@@H]1CCCN1C)[C@H]1O[C@@H](SCCOC(=O)c2ccccc2O)[C@@H](O)[C@@H](O)[C@H]1O. The Kier molecular flexibility index (Phi) is 10.4. The van der Waals surface area contributed by atoms with Crippen molar-refractivity contribution in [1.82, 2.24) is 10.2 Å². The number of likely N-dealkylation sites (tertiary alicyclic amines) is 1. The van der Waals surface area contributed by atoms with Gasteiger partial charge in [-0.25, -0.2) is 4.79 Å². The summed E-state index contributed by atoms with van der Waals surface area (Å²) in [6.07, 6.45) is -4.42. The summed E-state index contributed by atoms with van der Waals surface area (Å²) in [6.45, 7) is 2.48. The highest BCUT2D eigenvalue weighted by Gasteiger charge is 2.49. The number of aromatic hydroxyl groups is 1. The lowest BCUT2D eigenvalue weighted by atomic mass is 9.92. The summed E-state index contributed by atoms with van der Waals surface area (Å²) >= 11 is 1.09. The van der Waals surface area contributed by atoms with Crippen LogP contribution in [0.5, 0.6) is 5.75 Å². The summed E-state index contributed by atoms with van der Waals surface area (Å²) in [4.78, 5) is 27.1. The van der Waals surface area contributed by atoms with Crippen LogP contribution in [-0.4, -0.2) is 118 Å². The Labute approximate surface area is 214 Å². The molecule has 8 atom stereocenters. The van der Waals surface area contributed by atoms with Gasteiger partial charge in [-0.05, 0) is 45.5 Å². The van der Waals surface area contributed by atoms with Crippen molar-refractivity contribution in [2.45, 2.75) is 67.8 Å². The number of hydrogen-bond donors (Lipinski definition) is 5. The maximum atomic E-state index is 13.0. The molecule has 36 heavy (non-hydrogen) atoms. The molecular formula is C24H36N2O9S. The van der Waals surface area contributed by atoms with E-state index in [0.717, 1.165) is 24.7 Å². The van der Waals surface area contributed by atoms with Gasteiger partial charge in [0.05, 0.1) is 18.2 Å². The highest BCUT2D eigenvalue weighted by atomic mass is 32.2. The Morgan fingerprint density at radius 3 is 2.58 bits per heavy atom. The van der Waals surface area contributed by atoms with Crippen LogP contribution in [0.4, 0.5) is 0 Å². The van der Waals surface area contributed by atoms with Crippen LogP contribution in [0.1, 0.15) is 30.1 Å². The first-order chi connectivity index (χ1) is 17.1. The van der Waals surface area contributed by atoms with Crippen molar-refractivity contribution >= 4 is 23.6 Å². The van der Waals surface area contributed by atoms with E-state index >= 15 is 0 Å². The van der Waals surface area contributed by atoms with Crippen LogP contribution in [0.15, 0.2) is 24.3 Å². The number of phenols is 1. The molecule has 1 aromatic carbocycles. The van der Waals surface area contributed by atoms with E-state index in [1.54, 1.807) is 19.1 Å². The summed E-state index contributed by atoms with van der Waals surface area (Å²) < 4.78 is 16.6. The number of aliphatic hydroxyl groups is 3. The highest BCUT2D eigenvalue weighted by molar-refractivity contribution is 7.99. The molecule has 0 unspecified atom stereocenters. The lowest BCUT2D eigenvalue weighted by molar-refractivity contribution is -0.212. The molecule has 12 heteroatoms. The molecule has 0 radical (unpaired) electrons. The van der Waals surface area contributed by atoms with E-state index in [4.69, 9.17) is 14.2 Å². The van der Waals surface area contributed by atoms with Gasteiger partial charge in [0.25, 0.3) is 0 Å². The molecule has 0 saturated carbocycles. The number of aliphatic hydroxyl groups excluding tert-OH is 3. The van der Waals surface area contributed by atoms with E-state index in [0.29, 0.717) is 6.42 Å². The normalized spacial score (nSPS) is 30.5. The molecular weight excluding hydrogens is 492 g/mol. The smallest absolute Gasteiger partial charge is 0.341 e. The summed E-state index contributed by atoms with van der Waals surface area (Å²) in [6, 6.07) is 4.91. The zero-order valence-electron chi connectivity index (χ0n) is 20.6. The van der Waals surface area contributed by atoms with Gasteiger partial charge in [0, 0.05) is 12.9 Å². The van der Waals surface area contributed by atoms with Crippen LogP contribution < -0.4 is 5.32 Å². The van der Waals surface area contributed by atoms with Crippen LogP contribution in [0.25, 0.3) is 0 Å². The van der Waals surface area contributed by atoms with Crippen LogP contribution in [0.3, 0.4) is 0 Å². The number of rotatable bonds is 10. The summed E-state index contributed by atoms with van der Waals surface area (Å²) in [5.74, 6) is -0.896. The van der Waals surface area contributed by atoms with Crippen molar-refractivity contribution in [2.75, 3.05) is 33.1 Å². The fraction of sp³-hybridized carbons (Fsp3) is 0.667. The molecule has 2 aliphatic heterocycles. The largest absolute Gasteiger partial charge is 0.507 e. The number of nitrogens with zero attached hydrogens (tertiary/aromatic N) is 1. The van der Waals surface area contributed by atoms with Crippen molar-refractivity contribution in [2.24, 2.45) is 0 Å². The number of methoxy groups -OCH3 is 1. The van der Waals surface area contributed by atoms with Gasteiger partial charge in [0.15, 0.2) is 0 Å². The number of amides is 1. The number of phenolic OH excluding ortho intramolecular Hbond substituents is 1. The fourth-order valence-electron chi connectivity index (χ4n) is 4.45. The van der Waals surface area contributed by atoms with Crippen LogP contribution in [0, 0.1) is 0 Å². The van der Waals surface area contributed by atoms with E-state index in [9.17, 15) is 30.0 Å². The number of thioether (sulfide) groups is 1. The van der Waals surface area contributed by atoms with Gasteiger partial charge >= 0.3 is 5.97 Å². The molecule has 2 fully saturated rings. The molecule has 0 aliphatic carbocycles. The van der Waals surface area contributed by atoms with Crippen LogP contribution >= 0.6 is 11.8 Å². The lowest BCUT2D eigenvalue weighted by Crippen LogP contribution is -2.66. The number of carbonyl (C=O) groups excluding carboxylic acids is 2. The standard InChI is InChI=1S/C24H36N2O9S/c1-13(33-3)17(25-22(31)15-8-6-10-26(15)2)21-19(29)18(28)20(30)24(35-21)36-12-11-34-23(32)14-7-4-5-9-16(14)27/h4-5,7,9,13,15,17-21,24,27-30H,6,8,10-12H2,1-3H3,(H,25,31)/t13-,15+,17-,18+,19-,20+,21-,24+/m1/s1. The molecule has 0 bridgehead atoms. The number of para-hydroxylation sites is 1. The fourth-order valence-corrected chi connectivity index (χ4v) is 5.42. The highest BCUT2D eigenvalue weighted by Crippen LogP contribution is 2.31. The third-order valence-electron chi connectivity index (χ3n) is 6.69. The first kappa shape index (κ1) is 28.6. The van der Waals surface area contributed by atoms with Gasteiger partial charge in [-0.2, -0.15) is 0 Å². The number of benzene rings is 1. The van der Waals surface area contributed by atoms with E-state index < -0.39 is 48.0 Å². The maximum absolute atomic E-state index is 13.0. The van der Waals surface area contributed by atoms with Gasteiger partial charge in [0.2, 0.25) is 5.91 Å². The molecule has 5 N–H and O–H groups in total. The van der Waals surface area contributed by atoms with E-state index in [-0.39, 0.29) is 35.6 Å². The number of nitrogens with one attached hydrogen (secondary N) is 1. The van der Waals surface area contributed by atoms with Gasteiger partial charge < -0.3 is 40.0 Å². The predicted octanol–water partition coefficient (Wildman–Crippen LogP) is -0.296. The van der Waals surface area contributed by atoms with Crippen LogP contribution in [-0.2, 0) is 19.0 Å². The second kappa shape index (κ2) is 13.0. The molecule has 1 aromatic rings. The summed E-state index contributed by atoms with van der Waals surface area (Å²) in [5.41, 5.74) is -0.926. The second-order valence-corrected chi connectivity index (χ2v) is 10.3. The van der Waals surface area contributed by atoms with Crippen molar-refractivity contribution < 1.29 is 44.2 Å². The minimum Gasteiger partial charge on any atom is -0.507 e. The van der Waals surface area contributed by atoms with E-state index in [1.165, 1.54) is 19.2 Å². The maximum Gasteiger partial charge on any atom is 0.341 e. The van der Waals surface area contributed by atoms with Gasteiger partial charge in [-0.15, -0.1) is 11.8 Å². The number of likely N-dealkylation sites (N-methyl/N-ethyl adjacent to an activating group) is 1. The minimum atomic E-state index is -1.53. The molecule has 3 rings (SSSR count). The Hall–Kier alpha value is -1.93. The van der Waals surface area contributed by atoms with E-state index in [2.05, 4.69) is 5.32 Å². The molecule has 1 amide bonds. The Balaban J connectivity index is 1.62. The first-order valence-corrected chi connectivity index (χ1v) is 13.0. The molecule has 2 aliphatic rings. The molecule has 0 spiro atoms. The second-order valence-electron chi connectivity index (χ2n) is 9.08. The van der Waals surface area contributed by atoms with Crippen molar-refractivity contribution in [1.29, 1.82) is 0 Å². The van der Waals surface area contributed by atoms with Crippen molar-refractivity contribution in [3.05, 3.63) is 29.8 Å². The predicted molar refractivity (Wildman–Crippen MR) is 132 cm³/mol. The average Bonchev–Trinajstić information content (AvgIpc) is 3.30. The topological polar surface area (TPSA) is 158 Å². The van der Waals surface area contributed by atoms with Crippen molar-refractivity contribution in [3.8, 4) is 5.75 Å². The molecule has 2 heterocycles. The molecule has 0 aromatic heterocycles. The Morgan fingerprint density at radius 2 is 1.94 bits per heavy atom. The average molecular weight is 529 g/mol. The summed E-state index contributed by atoms with van der Waals surface area (Å²) in [5, 5.41) is 44.4. The number of esters is 1. The lowest BCUT2D eigenvalue weighted by Gasteiger charge is -2.44. The Bertz CT molecular complexity index is 891. The van der Waals surface area contributed by atoms with Gasteiger partial charge in [0.1, 0.15) is 47.8 Å². The van der Waals surface area contributed by atoms with Crippen molar-refractivity contribution in [3.63, 3.8) is 0 Å². The third kappa shape index (κ3) is 6.68. The monoisotopic (exact) mass is 528 g/mol. The van der Waals surface area contributed by atoms with E-state index in [1.807, 2.05) is 11.9 Å². The zero-order chi connectivity index (χ0) is 26.4.